The molecule has 1 saturated carbocycles. The van der Waals surface area contributed by atoms with E-state index in [2.05, 4.69) is 22.6 Å². The molecule has 3 atom stereocenters. The van der Waals surface area contributed by atoms with Crippen LogP contribution in [0.25, 0.3) is 0 Å². The van der Waals surface area contributed by atoms with Crippen molar-refractivity contribution in [3.05, 3.63) is 29.7 Å². The summed E-state index contributed by atoms with van der Waals surface area (Å²) in [6.45, 7) is 3.86. The van der Waals surface area contributed by atoms with Gasteiger partial charge in [-0.15, -0.1) is 0 Å². The maximum Gasteiger partial charge on any atom is 0.150 e. The number of aromatic nitrogens is 1. The van der Waals surface area contributed by atoms with Gasteiger partial charge in [-0.05, 0) is 44.1 Å². The summed E-state index contributed by atoms with van der Waals surface area (Å²) in [7, 11) is 0. The molecule has 1 N–H and O–H groups in total. The maximum absolute atomic E-state index is 5.16. The van der Waals surface area contributed by atoms with Gasteiger partial charge in [-0.1, -0.05) is 17.3 Å². The Morgan fingerprint density at radius 3 is 3.00 bits per heavy atom. The summed E-state index contributed by atoms with van der Waals surface area (Å²) in [5, 5.41) is 7.35. The second-order valence-corrected chi connectivity index (χ2v) is 5.11. The molecule has 1 heterocycles. The molecule has 0 spiro atoms. The van der Waals surface area contributed by atoms with E-state index in [-0.39, 0.29) is 0 Å². The number of nitrogens with one attached hydrogen (secondary N) is 1. The Bertz CT molecular complexity index is 396. The van der Waals surface area contributed by atoms with Crippen molar-refractivity contribution < 1.29 is 4.52 Å². The Morgan fingerprint density at radius 2 is 2.38 bits per heavy atom. The van der Waals surface area contributed by atoms with Crippen LogP contribution in [0.2, 0.25) is 0 Å². The largest absolute Gasteiger partial charge is 0.360 e. The van der Waals surface area contributed by atoms with Gasteiger partial charge in [-0.3, -0.25) is 0 Å². The standard InChI is InChI=1S/C13H18N2O/c1-9-4-13(16-15-9)8-14-7-12-6-10-2-3-11(12)5-10/h2-4,10-12,14H,5-8H2,1H3. The van der Waals surface area contributed by atoms with Crippen molar-refractivity contribution in [1.29, 1.82) is 0 Å². The first-order valence-corrected chi connectivity index (χ1v) is 6.12. The molecule has 1 aromatic rings. The number of allylic oxidation sites excluding steroid dienone is 2. The summed E-state index contributed by atoms with van der Waals surface area (Å²) in [4.78, 5) is 0. The van der Waals surface area contributed by atoms with Crippen LogP contribution >= 0.6 is 0 Å². The van der Waals surface area contributed by atoms with Crippen molar-refractivity contribution >= 4 is 0 Å². The Balaban J connectivity index is 1.46. The monoisotopic (exact) mass is 218 g/mol. The van der Waals surface area contributed by atoms with Crippen LogP contribution in [0.3, 0.4) is 0 Å². The summed E-state index contributed by atoms with van der Waals surface area (Å²) in [6.07, 6.45) is 7.54. The van der Waals surface area contributed by atoms with Crippen LogP contribution < -0.4 is 5.32 Å². The lowest BCUT2D eigenvalue weighted by Crippen LogP contribution is -2.24. The molecule has 86 valence electrons. The fraction of sp³-hybridized carbons (Fsp3) is 0.615. The third kappa shape index (κ3) is 1.92. The van der Waals surface area contributed by atoms with E-state index in [0.29, 0.717) is 0 Å². The van der Waals surface area contributed by atoms with E-state index in [0.717, 1.165) is 42.3 Å². The number of hydrogen-bond acceptors (Lipinski definition) is 3. The molecule has 3 unspecified atom stereocenters. The zero-order valence-electron chi connectivity index (χ0n) is 9.65. The second-order valence-electron chi connectivity index (χ2n) is 5.11. The predicted molar refractivity (Wildman–Crippen MR) is 61.8 cm³/mol. The van der Waals surface area contributed by atoms with Gasteiger partial charge >= 0.3 is 0 Å². The highest BCUT2D eigenvalue weighted by Crippen LogP contribution is 2.42. The normalized spacial score (nSPS) is 31.4. The van der Waals surface area contributed by atoms with Gasteiger partial charge in [0.25, 0.3) is 0 Å². The van der Waals surface area contributed by atoms with Gasteiger partial charge in [0.15, 0.2) is 5.76 Å². The molecule has 2 aliphatic rings. The lowest BCUT2D eigenvalue weighted by molar-refractivity contribution is 0.353. The molecule has 1 aromatic heterocycles. The van der Waals surface area contributed by atoms with Gasteiger partial charge in [0, 0.05) is 6.07 Å². The van der Waals surface area contributed by atoms with Gasteiger partial charge in [0.2, 0.25) is 0 Å². The number of fused-ring (bicyclic) bond motifs is 2. The molecule has 3 heteroatoms. The predicted octanol–water partition coefficient (Wildman–Crippen LogP) is 2.28. The molecule has 0 saturated heterocycles. The molecule has 2 aliphatic carbocycles. The van der Waals surface area contributed by atoms with Crippen LogP contribution in [0.1, 0.15) is 24.3 Å². The number of hydrogen-bond donors (Lipinski definition) is 1. The molecule has 0 aliphatic heterocycles. The molecule has 3 rings (SSSR count). The first-order valence-electron chi connectivity index (χ1n) is 6.12. The summed E-state index contributed by atoms with van der Waals surface area (Å²) in [6, 6.07) is 1.99. The molecule has 0 amide bonds. The summed E-state index contributed by atoms with van der Waals surface area (Å²) < 4.78 is 5.16. The van der Waals surface area contributed by atoms with E-state index in [9.17, 15) is 0 Å². The van der Waals surface area contributed by atoms with Crippen molar-refractivity contribution in [2.45, 2.75) is 26.3 Å². The highest BCUT2D eigenvalue weighted by molar-refractivity contribution is 5.10. The van der Waals surface area contributed by atoms with Gasteiger partial charge < -0.3 is 9.84 Å². The van der Waals surface area contributed by atoms with E-state index in [1.807, 2.05) is 13.0 Å². The first-order chi connectivity index (χ1) is 7.81. The lowest BCUT2D eigenvalue weighted by atomic mass is 9.94. The number of aryl methyl sites for hydroxylation is 1. The molecular formula is C13H18N2O. The van der Waals surface area contributed by atoms with E-state index >= 15 is 0 Å². The van der Waals surface area contributed by atoms with Crippen LogP contribution in [0, 0.1) is 24.7 Å². The third-order valence-corrected chi connectivity index (χ3v) is 3.80. The number of rotatable bonds is 4. The first kappa shape index (κ1) is 10.1. The van der Waals surface area contributed by atoms with E-state index in [1.165, 1.54) is 12.8 Å². The zero-order valence-corrected chi connectivity index (χ0v) is 9.65. The molecule has 2 bridgehead atoms. The SMILES string of the molecule is Cc1cc(CNCC2CC3C=CC2C3)on1. The Kier molecular flexibility index (Phi) is 2.56. The Hall–Kier alpha value is -1.09. The van der Waals surface area contributed by atoms with Crippen molar-refractivity contribution in [2.24, 2.45) is 17.8 Å². The van der Waals surface area contributed by atoms with E-state index < -0.39 is 0 Å². The highest BCUT2D eigenvalue weighted by atomic mass is 16.5. The minimum Gasteiger partial charge on any atom is -0.360 e. The molecule has 3 nitrogen and oxygen atoms in total. The minimum atomic E-state index is 0.804. The van der Waals surface area contributed by atoms with E-state index in [1.54, 1.807) is 0 Å². The minimum absolute atomic E-state index is 0.804. The smallest absolute Gasteiger partial charge is 0.150 e. The van der Waals surface area contributed by atoms with Crippen LogP contribution in [-0.4, -0.2) is 11.7 Å². The van der Waals surface area contributed by atoms with Gasteiger partial charge in [-0.2, -0.15) is 0 Å². The van der Waals surface area contributed by atoms with Crippen molar-refractivity contribution in [3.63, 3.8) is 0 Å². The quantitative estimate of drug-likeness (QED) is 0.788. The molecule has 0 aromatic carbocycles. The van der Waals surface area contributed by atoms with Crippen LogP contribution in [0.15, 0.2) is 22.7 Å². The van der Waals surface area contributed by atoms with Crippen molar-refractivity contribution in [2.75, 3.05) is 6.54 Å². The summed E-state index contributed by atoms with van der Waals surface area (Å²) >= 11 is 0. The average Bonchev–Trinajstić information content (AvgIpc) is 2.94. The van der Waals surface area contributed by atoms with Crippen LogP contribution in [-0.2, 0) is 6.54 Å². The Morgan fingerprint density at radius 1 is 1.44 bits per heavy atom. The van der Waals surface area contributed by atoms with Gasteiger partial charge in [-0.25, -0.2) is 0 Å². The Labute approximate surface area is 95.9 Å². The average molecular weight is 218 g/mol. The lowest BCUT2D eigenvalue weighted by Gasteiger charge is -2.17. The van der Waals surface area contributed by atoms with E-state index in [4.69, 9.17) is 4.52 Å². The molecule has 16 heavy (non-hydrogen) atoms. The topological polar surface area (TPSA) is 38.1 Å². The van der Waals surface area contributed by atoms with Crippen LogP contribution in [0.5, 0.6) is 0 Å². The highest BCUT2D eigenvalue weighted by Gasteiger charge is 2.34. The van der Waals surface area contributed by atoms with Gasteiger partial charge in [0.05, 0.1) is 12.2 Å². The molecular weight excluding hydrogens is 200 g/mol. The summed E-state index contributed by atoms with van der Waals surface area (Å²) in [5.74, 6) is 3.47. The van der Waals surface area contributed by atoms with Crippen molar-refractivity contribution in [3.8, 4) is 0 Å². The summed E-state index contributed by atoms with van der Waals surface area (Å²) in [5.41, 5.74) is 0.958. The fourth-order valence-electron chi connectivity index (χ4n) is 3.01. The zero-order chi connectivity index (χ0) is 11.0. The molecule has 0 radical (unpaired) electrons. The van der Waals surface area contributed by atoms with Gasteiger partial charge in [0.1, 0.15) is 0 Å². The second kappa shape index (κ2) is 4.06. The molecule has 1 fully saturated rings. The van der Waals surface area contributed by atoms with Crippen LogP contribution in [0.4, 0.5) is 0 Å². The number of nitrogens with zero attached hydrogens (tertiary/aromatic N) is 1. The third-order valence-electron chi connectivity index (χ3n) is 3.80. The van der Waals surface area contributed by atoms with Crippen molar-refractivity contribution in [1.82, 2.24) is 10.5 Å². The maximum atomic E-state index is 5.16. The fourth-order valence-corrected chi connectivity index (χ4v) is 3.01.